The molecule has 1 unspecified atom stereocenters. The fourth-order valence-corrected chi connectivity index (χ4v) is 3.27. The summed E-state index contributed by atoms with van der Waals surface area (Å²) in [7, 11) is -3.32. The molecule has 0 fully saturated rings. The van der Waals surface area contributed by atoms with E-state index in [1.54, 1.807) is 0 Å². The summed E-state index contributed by atoms with van der Waals surface area (Å²) in [6, 6.07) is 7.11. The van der Waals surface area contributed by atoms with Crippen molar-refractivity contribution in [2.75, 3.05) is 19.0 Å². The maximum absolute atomic E-state index is 11.8. The Morgan fingerprint density at radius 2 is 2.11 bits per heavy atom. The summed E-state index contributed by atoms with van der Waals surface area (Å²) in [4.78, 5) is 0. The van der Waals surface area contributed by atoms with Crippen molar-refractivity contribution in [1.29, 1.82) is 0 Å². The van der Waals surface area contributed by atoms with E-state index in [0.29, 0.717) is 19.4 Å². The molecule has 1 aliphatic heterocycles. The lowest BCUT2D eigenvalue weighted by atomic mass is 10.1. The molecule has 0 amide bonds. The lowest BCUT2D eigenvalue weighted by molar-refractivity contribution is 0.287. The Hall–Kier alpha value is -1.11. The zero-order valence-electron chi connectivity index (χ0n) is 10.0. The number of rotatable bonds is 6. The van der Waals surface area contributed by atoms with Gasteiger partial charge in [0.05, 0.1) is 11.8 Å². The number of para-hydroxylation sites is 1. The molecular weight excluding hydrogens is 254 g/mol. The maximum atomic E-state index is 11.8. The van der Waals surface area contributed by atoms with Crippen molar-refractivity contribution in [1.82, 2.24) is 4.72 Å². The number of sulfonamides is 1. The standard InChI is InChI=1S/C12H17NO4S/c14-7-3-4-8-18(15,16)13-11-9-17-12-6-2-1-5-10(11)12/h1-2,5-6,11,13-14H,3-4,7-9H2. The first kappa shape index (κ1) is 13.3. The van der Waals surface area contributed by atoms with Gasteiger partial charge >= 0.3 is 0 Å². The molecule has 100 valence electrons. The molecule has 1 aromatic rings. The average Bonchev–Trinajstić information content (AvgIpc) is 2.72. The van der Waals surface area contributed by atoms with E-state index in [-0.39, 0.29) is 18.4 Å². The van der Waals surface area contributed by atoms with Crippen molar-refractivity contribution in [2.24, 2.45) is 0 Å². The van der Waals surface area contributed by atoms with E-state index in [9.17, 15) is 8.42 Å². The number of aliphatic hydroxyl groups is 1. The lowest BCUT2D eigenvalue weighted by Crippen LogP contribution is -2.31. The highest BCUT2D eigenvalue weighted by Crippen LogP contribution is 2.32. The van der Waals surface area contributed by atoms with Crippen LogP contribution >= 0.6 is 0 Å². The van der Waals surface area contributed by atoms with Crippen LogP contribution in [0.2, 0.25) is 0 Å². The molecule has 1 atom stereocenters. The predicted octanol–water partition coefficient (Wildman–Crippen LogP) is 0.812. The molecule has 5 nitrogen and oxygen atoms in total. The van der Waals surface area contributed by atoms with E-state index in [1.807, 2.05) is 24.3 Å². The summed E-state index contributed by atoms with van der Waals surface area (Å²) < 4.78 is 31.7. The van der Waals surface area contributed by atoms with Crippen molar-refractivity contribution in [3.05, 3.63) is 29.8 Å². The van der Waals surface area contributed by atoms with Crippen LogP contribution in [-0.4, -0.2) is 32.5 Å². The molecule has 0 aromatic heterocycles. The summed E-state index contributed by atoms with van der Waals surface area (Å²) >= 11 is 0. The van der Waals surface area contributed by atoms with Crippen molar-refractivity contribution in [3.63, 3.8) is 0 Å². The van der Waals surface area contributed by atoms with Crippen molar-refractivity contribution >= 4 is 10.0 Å². The van der Waals surface area contributed by atoms with Gasteiger partial charge in [0, 0.05) is 12.2 Å². The monoisotopic (exact) mass is 271 g/mol. The van der Waals surface area contributed by atoms with Crippen LogP contribution in [0.25, 0.3) is 0 Å². The van der Waals surface area contributed by atoms with E-state index in [1.165, 1.54) is 0 Å². The third-order valence-electron chi connectivity index (χ3n) is 2.84. The van der Waals surface area contributed by atoms with Crippen LogP contribution in [0.15, 0.2) is 24.3 Å². The van der Waals surface area contributed by atoms with Crippen LogP contribution in [0.4, 0.5) is 0 Å². The molecule has 1 aromatic carbocycles. The third-order valence-corrected chi connectivity index (χ3v) is 4.31. The van der Waals surface area contributed by atoms with Gasteiger partial charge in [-0.2, -0.15) is 0 Å². The SMILES string of the molecule is O=S(=O)(CCCCO)NC1COc2ccccc21. The first-order valence-electron chi connectivity index (χ1n) is 5.95. The second-order valence-corrected chi connectivity index (χ2v) is 6.14. The first-order chi connectivity index (χ1) is 8.62. The smallest absolute Gasteiger partial charge is 0.212 e. The molecule has 0 spiro atoms. The Bertz CT molecular complexity index is 501. The van der Waals surface area contributed by atoms with Gasteiger partial charge in [-0.25, -0.2) is 13.1 Å². The first-order valence-corrected chi connectivity index (χ1v) is 7.60. The lowest BCUT2D eigenvalue weighted by Gasteiger charge is -2.12. The summed E-state index contributed by atoms with van der Waals surface area (Å²) in [6.45, 7) is 0.351. The van der Waals surface area contributed by atoms with Gasteiger partial charge in [0.15, 0.2) is 0 Å². The predicted molar refractivity (Wildman–Crippen MR) is 67.9 cm³/mol. The minimum atomic E-state index is -3.32. The van der Waals surface area contributed by atoms with Crippen LogP contribution in [0, 0.1) is 0 Å². The number of aliphatic hydroxyl groups excluding tert-OH is 1. The van der Waals surface area contributed by atoms with Crippen LogP contribution in [0.3, 0.4) is 0 Å². The Balaban J connectivity index is 1.99. The highest BCUT2D eigenvalue weighted by Gasteiger charge is 2.27. The second kappa shape index (κ2) is 5.69. The fraction of sp³-hybridized carbons (Fsp3) is 0.500. The zero-order chi connectivity index (χ0) is 13.0. The molecular formula is C12H17NO4S. The number of nitrogens with one attached hydrogen (secondary N) is 1. The minimum absolute atomic E-state index is 0.0187. The van der Waals surface area contributed by atoms with E-state index in [0.717, 1.165) is 11.3 Å². The van der Waals surface area contributed by atoms with Gasteiger partial charge < -0.3 is 9.84 Å². The Labute approximate surface area is 107 Å². The number of fused-ring (bicyclic) bond motifs is 1. The maximum Gasteiger partial charge on any atom is 0.212 e. The molecule has 1 aliphatic rings. The molecule has 0 saturated carbocycles. The molecule has 6 heteroatoms. The molecule has 18 heavy (non-hydrogen) atoms. The highest BCUT2D eigenvalue weighted by atomic mass is 32.2. The number of hydrogen-bond donors (Lipinski definition) is 2. The third kappa shape index (κ3) is 3.22. The largest absolute Gasteiger partial charge is 0.491 e. The van der Waals surface area contributed by atoms with Crippen LogP contribution in [-0.2, 0) is 10.0 Å². The second-order valence-electron chi connectivity index (χ2n) is 4.27. The van der Waals surface area contributed by atoms with Gasteiger partial charge in [0.1, 0.15) is 12.4 Å². The molecule has 1 heterocycles. The highest BCUT2D eigenvalue weighted by molar-refractivity contribution is 7.89. The van der Waals surface area contributed by atoms with Gasteiger partial charge in [-0.1, -0.05) is 18.2 Å². The van der Waals surface area contributed by atoms with Gasteiger partial charge in [0.2, 0.25) is 10.0 Å². The Morgan fingerprint density at radius 1 is 1.33 bits per heavy atom. The van der Waals surface area contributed by atoms with E-state index in [2.05, 4.69) is 4.72 Å². The van der Waals surface area contributed by atoms with Gasteiger partial charge in [-0.15, -0.1) is 0 Å². The molecule has 0 saturated heterocycles. The number of benzene rings is 1. The molecule has 2 N–H and O–H groups in total. The van der Waals surface area contributed by atoms with Crippen molar-refractivity contribution in [3.8, 4) is 5.75 Å². The molecule has 0 aliphatic carbocycles. The summed E-state index contributed by atoms with van der Waals surface area (Å²) in [6.07, 6.45) is 0.958. The van der Waals surface area contributed by atoms with Crippen molar-refractivity contribution in [2.45, 2.75) is 18.9 Å². The topological polar surface area (TPSA) is 75.6 Å². The van der Waals surface area contributed by atoms with Crippen LogP contribution in [0.5, 0.6) is 5.75 Å². The Kier molecular flexibility index (Phi) is 4.21. The number of unbranched alkanes of at least 4 members (excludes halogenated alkanes) is 1. The van der Waals surface area contributed by atoms with Gasteiger partial charge in [-0.3, -0.25) is 0 Å². The minimum Gasteiger partial charge on any atom is -0.491 e. The van der Waals surface area contributed by atoms with Gasteiger partial charge in [0.25, 0.3) is 0 Å². The van der Waals surface area contributed by atoms with E-state index >= 15 is 0 Å². The van der Waals surface area contributed by atoms with Crippen LogP contribution in [0.1, 0.15) is 24.4 Å². The summed E-state index contributed by atoms with van der Waals surface area (Å²) in [5.41, 5.74) is 0.878. The quantitative estimate of drug-likeness (QED) is 0.751. The number of ether oxygens (including phenoxy) is 1. The van der Waals surface area contributed by atoms with E-state index < -0.39 is 10.0 Å². The fourth-order valence-electron chi connectivity index (χ4n) is 1.94. The average molecular weight is 271 g/mol. The molecule has 2 rings (SSSR count). The van der Waals surface area contributed by atoms with E-state index in [4.69, 9.17) is 9.84 Å². The Morgan fingerprint density at radius 3 is 2.89 bits per heavy atom. The van der Waals surface area contributed by atoms with Crippen LogP contribution < -0.4 is 9.46 Å². The van der Waals surface area contributed by atoms with Crippen molar-refractivity contribution < 1.29 is 18.3 Å². The molecule has 0 bridgehead atoms. The zero-order valence-corrected chi connectivity index (χ0v) is 10.8. The number of hydrogen-bond acceptors (Lipinski definition) is 4. The summed E-state index contributed by atoms with van der Waals surface area (Å²) in [5, 5.41) is 8.64. The normalized spacial score (nSPS) is 18.4. The summed E-state index contributed by atoms with van der Waals surface area (Å²) in [5.74, 6) is 0.771. The van der Waals surface area contributed by atoms with Gasteiger partial charge in [-0.05, 0) is 18.9 Å². The molecule has 0 radical (unpaired) electrons.